The van der Waals surface area contributed by atoms with Crippen molar-refractivity contribution in [1.82, 2.24) is 4.90 Å². The molecule has 0 aromatic carbocycles. The van der Waals surface area contributed by atoms with E-state index in [0.717, 1.165) is 18.3 Å². The molecular formula is C13H22N2O4S. The molecule has 7 heteroatoms. The lowest BCUT2D eigenvalue weighted by atomic mass is 9.95. The van der Waals surface area contributed by atoms with E-state index < -0.39 is 18.3 Å². The predicted molar refractivity (Wildman–Crippen MR) is 76.6 cm³/mol. The Kier molecular flexibility index (Phi) is 4.52. The van der Waals surface area contributed by atoms with E-state index in [9.17, 15) is 10.2 Å². The number of thioether (sulfide) groups is 1. The van der Waals surface area contributed by atoms with Crippen LogP contribution in [0, 0.1) is 0 Å². The molecule has 3 rings (SSSR count). The first-order valence-corrected chi connectivity index (χ1v) is 8.20. The number of aliphatic hydroxyl groups excluding tert-OH is 3. The van der Waals surface area contributed by atoms with Crippen LogP contribution >= 0.6 is 11.8 Å². The maximum absolute atomic E-state index is 10.2. The van der Waals surface area contributed by atoms with E-state index in [1.165, 1.54) is 12.8 Å². The van der Waals surface area contributed by atoms with Crippen molar-refractivity contribution in [3.8, 4) is 0 Å². The van der Waals surface area contributed by atoms with Crippen LogP contribution in [0.1, 0.15) is 25.7 Å². The van der Waals surface area contributed by atoms with Gasteiger partial charge in [-0.3, -0.25) is 4.99 Å². The topological polar surface area (TPSA) is 85.5 Å². The Balaban J connectivity index is 1.67. The van der Waals surface area contributed by atoms with E-state index in [4.69, 9.17) is 9.84 Å². The van der Waals surface area contributed by atoms with Crippen LogP contribution in [0.2, 0.25) is 0 Å². The predicted octanol–water partition coefficient (Wildman–Crippen LogP) is -0.227. The molecule has 0 unspecified atom stereocenters. The minimum Gasteiger partial charge on any atom is -0.396 e. The van der Waals surface area contributed by atoms with Crippen molar-refractivity contribution < 1.29 is 20.1 Å². The van der Waals surface area contributed by atoms with Gasteiger partial charge in [0.05, 0.1) is 6.10 Å². The summed E-state index contributed by atoms with van der Waals surface area (Å²) in [5.41, 5.74) is -0.215. The fourth-order valence-electron chi connectivity index (χ4n) is 3.01. The molecule has 2 saturated heterocycles. The zero-order valence-electron chi connectivity index (χ0n) is 11.4. The van der Waals surface area contributed by atoms with Crippen LogP contribution in [0.15, 0.2) is 4.99 Å². The average molecular weight is 302 g/mol. The number of rotatable bonds is 3. The highest BCUT2D eigenvalue weighted by molar-refractivity contribution is 8.14. The Bertz CT molecular complexity index is 375. The molecule has 114 valence electrons. The van der Waals surface area contributed by atoms with Gasteiger partial charge in [0.1, 0.15) is 23.7 Å². The highest BCUT2D eigenvalue weighted by atomic mass is 32.2. The highest BCUT2D eigenvalue weighted by Crippen LogP contribution is 2.38. The maximum Gasteiger partial charge on any atom is 0.162 e. The van der Waals surface area contributed by atoms with Crippen LogP contribution in [-0.4, -0.2) is 74.9 Å². The second-order valence-electron chi connectivity index (χ2n) is 5.60. The molecule has 0 aliphatic carbocycles. The zero-order chi connectivity index (χ0) is 14.1. The monoisotopic (exact) mass is 302 g/mol. The SMILES string of the molecule is OCCC[C@H]1O[C@@H]2SC(N3CCCC3)=N[C@@H]2[C@@H](O)[C@@H]1O. The third-order valence-electron chi connectivity index (χ3n) is 4.17. The molecular weight excluding hydrogens is 280 g/mol. The first-order valence-electron chi connectivity index (χ1n) is 7.32. The molecule has 2 fully saturated rings. The van der Waals surface area contributed by atoms with Crippen LogP contribution < -0.4 is 0 Å². The molecule has 0 radical (unpaired) electrons. The van der Waals surface area contributed by atoms with Crippen LogP contribution in [0.25, 0.3) is 0 Å². The van der Waals surface area contributed by atoms with Gasteiger partial charge in [-0.1, -0.05) is 11.8 Å². The van der Waals surface area contributed by atoms with E-state index in [1.54, 1.807) is 11.8 Å². The van der Waals surface area contributed by atoms with Crippen molar-refractivity contribution in [2.45, 2.75) is 55.5 Å². The summed E-state index contributed by atoms with van der Waals surface area (Å²) >= 11 is 1.55. The number of amidine groups is 1. The summed E-state index contributed by atoms with van der Waals surface area (Å²) in [5, 5.41) is 30.2. The lowest BCUT2D eigenvalue weighted by Crippen LogP contribution is -2.54. The first-order chi connectivity index (χ1) is 9.70. The number of hydrogen-bond acceptors (Lipinski definition) is 7. The molecule has 0 aromatic heterocycles. The number of likely N-dealkylation sites (tertiary alicyclic amines) is 1. The van der Waals surface area contributed by atoms with Gasteiger partial charge in [0, 0.05) is 19.7 Å². The lowest BCUT2D eigenvalue weighted by Gasteiger charge is -2.38. The smallest absolute Gasteiger partial charge is 0.162 e. The number of nitrogens with zero attached hydrogens (tertiary/aromatic N) is 2. The van der Waals surface area contributed by atoms with Crippen molar-refractivity contribution in [3.05, 3.63) is 0 Å². The summed E-state index contributed by atoms with van der Waals surface area (Å²) in [7, 11) is 0. The number of fused-ring (bicyclic) bond motifs is 1. The van der Waals surface area contributed by atoms with Gasteiger partial charge in [-0.15, -0.1) is 0 Å². The Morgan fingerprint density at radius 2 is 2.00 bits per heavy atom. The lowest BCUT2D eigenvalue weighted by molar-refractivity contribution is -0.155. The van der Waals surface area contributed by atoms with Crippen LogP contribution in [-0.2, 0) is 4.74 Å². The third kappa shape index (κ3) is 2.69. The van der Waals surface area contributed by atoms with Crippen molar-refractivity contribution >= 4 is 16.9 Å². The van der Waals surface area contributed by atoms with Gasteiger partial charge >= 0.3 is 0 Å². The van der Waals surface area contributed by atoms with Crippen LogP contribution in [0.5, 0.6) is 0 Å². The summed E-state index contributed by atoms with van der Waals surface area (Å²) in [5.74, 6) is 0. The molecule has 3 aliphatic rings. The molecule has 3 N–H and O–H groups in total. The van der Waals surface area contributed by atoms with Gasteiger partial charge < -0.3 is 25.0 Å². The van der Waals surface area contributed by atoms with E-state index >= 15 is 0 Å². The Hall–Kier alpha value is -0.340. The normalized spacial score (nSPS) is 40.9. The quantitative estimate of drug-likeness (QED) is 0.668. The molecule has 0 amide bonds. The molecule has 5 atom stereocenters. The van der Waals surface area contributed by atoms with E-state index in [0.29, 0.717) is 12.8 Å². The van der Waals surface area contributed by atoms with Crippen molar-refractivity contribution in [2.75, 3.05) is 19.7 Å². The van der Waals surface area contributed by atoms with E-state index in [1.807, 2.05) is 0 Å². The Morgan fingerprint density at radius 1 is 1.25 bits per heavy atom. The minimum absolute atomic E-state index is 0.0689. The van der Waals surface area contributed by atoms with Crippen LogP contribution in [0.3, 0.4) is 0 Å². The summed E-state index contributed by atoms with van der Waals surface area (Å²) in [4.78, 5) is 6.79. The second kappa shape index (κ2) is 6.19. The van der Waals surface area contributed by atoms with Gasteiger partial charge in [-0.2, -0.15) is 0 Å². The minimum atomic E-state index is -0.926. The van der Waals surface area contributed by atoms with Gasteiger partial charge in [0.25, 0.3) is 0 Å². The van der Waals surface area contributed by atoms with Gasteiger partial charge in [-0.05, 0) is 25.7 Å². The van der Waals surface area contributed by atoms with Crippen LogP contribution in [0.4, 0.5) is 0 Å². The number of hydrogen-bond donors (Lipinski definition) is 3. The van der Waals surface area contributed by atoms with E-state index in [2.05, 4.69) is 9.89 Å². The zero-order valence-corrected chi connectivity index (χ0v) is 12.2. The maximum atomic E-state index is 10.2. The molecule has 6 nitrogen and oxygen atoms in total. The molecule has 20 heavy (non-hydrogen) atoms. The summed E-state index contributed by atoms with van der Waals surface area (Å²) in [6, 6.07) is -0.379. The molecule has 0 aromatic rings. The summed E-state index contributed by atoms with van der Waals surface area (Å²) in [6.45, 7) is 2.09. The number of aliphatic hydroxyl groups is 3. The molecule has 0 saturated carbocycles. The first kappa shape index (κ1) is 14.6. The molecule has 0 spiro atoms. The Morgan fingerprint density at radius 3 is 2.70 bits per heavy atom. The van der Waals surface area contributed by atoms with Gasteiger partial charge in [0.2, 0.25) is 0 Å². The molecule has 3 heterocycles. The second-order valence-corrected chi connectivity index (χ2v) is 6.67. The highest BCUT2D eigenvalue weighted by Gasteiger charge is 2.48. The fourth-order valence-corrected chi connectivity index (χ4v) is 4.29. The van der Waals surface area contributed by atoms with Crippen molar-refractivity contribution in [1.29, 1.82) is 0 Å². The van der Waals surface area contributed by atoms with Gasteiger partial charge in [-0.25, -0.2) is 0 Å². The summed E-state index contributed by atoms with van der Waals surface area (Å²) < 4.78 is 5.89. The number of ether oxygens (including phenoxy) is 1. The number of aliphatic imine (C=N–C) groups is 1. The average Bonchev–Trinajstić information content (AvgIpc) is 3.09. The largest absolute Gasteiger partial charge is 0.396 e. The van der Waals surface area contributed by atoms with Crippen molar-refractivity contribution in [2.24, 2.45) is 4.99 Å². The third-order valence-corrected chi connectivity index (χ3v) is 5.37. The van der Waals surface area contributed by atoms with Crippen molar-refractivity contribution in [3.63, 3.8) is 0 Å². The standard InChI is InChI=1S/C13H22N2O4S/c16-7-3-4-8-10(17)11(18)9-12(19-8)20-13(14-9)15-5-1-2-6-15/h8-12,16-18H,1-7H2/t8-,9-,10-,11-,12-/m1/s1. The summed E-state index contributed by atoms with van der Waals surface area (Å²) in [6.07, 6.45) is 1.25. The molecule has 3 aliphatic heterocycles. The Labute approximate surface area is 122 Å². The van der Waals surface area contributed by atoms with E-state index in [-0.39, 0.29) is 18.1 Å². The molecule has 0 bridgehead atoms. The van der Waals surface area contributed by atoms with Gasteiger partial charge in [0.15, 0.2) is 5.17 Å². The fraction of sp³-hybridized carbons (Fsp3) is 0.923.